The van der Waals surface area contributed by atoms with Crippen LogP contribution >= 0.6 is 0 Å². The van der Waals surface area contributed by atoms with Gasteiger partial charge in [-0.1, -0.05) is 12.1 Å². The molecule has 1 aromatic carbocycles. The Bertz CT molecular complexity index is 791. The minimum Gasteiger partial charge on any atom is -0.382 e. The monoisotopic (exact) mass is 368 g/mol. The minimum absolute atomic E-state index is 0.0848. The topological polar surface area (TPSA) is 127 Å². The molecule has 0 aliphatic carbocycles. The smallest absolute Gasteiger partial charge is 0.251 e. The van der Waals surface area contributed by atoms with Gasteiger partial charge in [0.1, 0.15) is 5.82 Å². The number of carbonyl (C=O) groups excluding carboxylic acids is 2. The number of benzene rings is 1. The standard InChI is InChI=1S/C19H24N6O2/c20-17-11-23-16(10-24-17)13-3-5-14(6-4-13)19(27)22-7-9-25-8-1-2-15(12-25)18(21)26/h3-6,10-11,15H,1-2,7-9,12H2,(H2,20,24)(H2,21,26)(H,22,27). The van der Waals surface area contributed by atoms with Crippen molar-refractivity contribution in [2.45, 2.75) is 12.8 Å². The molecule has 0 bridgehead atoms. The number of anilines is 1. The third kappa shape index (κ3) is 5.01. The Morgan fingerprint density at radius 3 is 2.63 bits per heavy atom. The van der Waals surface area contributed by atoms with Gasteiger partial charge in [0.15, 0.2) is 0 Å². The quantitative estimate of drug-likeness (QED) is 0.687. The summed E-state index contributed by atoms with van der Waals surface area (Å²) < 4.78 is 0. The first-order valence-corrected chi connectivity index (χ1v) is 9.01. The second-order valence-corrected chi connectivity index (χ2v) is 6.70. The summed E-state index contributed by atoms with van der Waals surface area (Å²) in [6.45, 7) is 2.82. The SMILES string of the molecule is NC(=O)C1CCCN(CCNC(=O)c2ccc(-c3cnc(N)cn3)cc2)C1. The van der Waals surface area contributed by atoms with E-state index in [0.29, 0.717) is 36.7 Å². The molecule has 1 aliphatic heterocycles. The zero-order chi connectivity index (χ0) is 19.2. The van der Waals surface area contributed by atoms with Crippen LogP contribution in [0.3, 0.4) is 0 Å². The molecule has 8 nitrogen and oxygen atoms in total. The molecule has 2 amide bonds. The summed E-state index contributed by atoms with van der Waals surface area (Å²) in [5.74, 6) is -0.0907. The van der Waals surface area contributed by atoms with Crippen molar-refractivity contribution in [2.75, 3.05) is 31.9 Å². The Hall–Kier alpha value is -3.00. The number of piperidine rings is 1. The lowest BCUT2D eigenvalue weighted by molar-refractivity contribution is -0.123. The van der Waals surface area contributed by atoms with E-state index in [1.165, 1.54) is 6.20 Å². The van der Waals surface area contributed by atoms with Gasteiger partial charge in [0, 0.05) is 30.8 Å². The summed E-state index contributed by atoms with van der Waals surface area (Å²) in [6, 6.07) is 7.17. The van der Waals surface area contributed by atoms with Crippen molar-refractivity contribution in [3.63, 3.8) is 0 Å². The van der Waals surface area contributed by atoms with Gasteiger partial charge in [-0.2, -0.15) is 0 Å². The second-order valence-electron chi connectivity index (χ2n) is 6.70. The van der Waals surface area contributed by atoms with Crippen LogP contribution in [0.2, 0.25) is 0 Å². The number of amides is 2. The van der Waals surface area contributed by atoms with Crippen LogP contribution in [0.5, 0.6) is 0 Å². The maximum absolute atomic E-state index is 12.3. The highest BCUT2D eigenvalue weighted by Gasteiger charge is 2.23. The van der Waals surface area contributed by atoms with Crippen LogP contribution in [0.15, 0.2) is 36.7 Å². The van der Waals surface area contributed by atoms with E-state index < -0.39 is 0 Å². The fourth-order valence-corrected chi connectivity index (χ4v) is 3.20. The lowest BCUT2D eigenvalue weighted by atomic mass is 9.97. The Kier molecular flexibility index (Phi) is 5.97. The fourth-order valence-electron chi connectivity index (χ4n) is 3.20. The number of likely N-dealkylation sites (tertiary alicyclic amines) is 1. The number of hydrogen-bond donors (Lipinski definition) is 3. The van der Waals surface area contributed by atoms with Gasteiger partial charge < -0.3 is 21.7 Å². The number of nitrogens with one attached hydrogen (secondary N) is 1. The first-order valence-electron chi connectivity index (χ1n) is 9.01. The van der Waals surface area contributed by atoms with Gasteiger partial charge in [-0.15, -0.1) is 0 Å². The number of carbonyl (C=O) groups is 2. The predicted molar refractivity (Wildman–Crippen MR) is 103 cm³/mol. The molecule has 0 radical (unpaired) electrons. The third-order valence-electron chi connectivity index (χ3n) is 4.74. The van der Waals surface area contributed by atoms with Gasteiger partial charge in [0.25, 0.3) is 5.91 Å². The largest absolute Gasteiger partial charge is 0.382 e. The lowest BCUT2D eigenvalue weighted by Crippen LogP contribution is -2.44. The summed E-state index contributed by atoms with van der Waals surface area (Å²) in [4.78, 5) is 34.0. The number of nitrogen functional groups attached to an aromatic ring is 1. The molecule has 1 fully saturated rings. The maximum atomic E-state index is 12.3. The number of nitrogens with zero attached hydrogens (tertiary/aromatic N) is 3. The Morgan fingerprint density at radius 1 is 1.19 bits per heavy atom. The van der Waals surface area contributed by atoms with Crippen molar-refractivity contribution in [3.05, 3.63) is 42.2 Å². The highest BCUT2D eigenvalue weighted by molar-refractivity contribution is 5.94. The maximum Gasteiger partial charge on any atom is 0.251 e. The first kappa shape index (κ1) is 18.8. The molecule has 1 saturated heterocycles. The average Bonchev–Trinajstić information content (AvgIpc) is 2.69. The van der Waals surface area contributed by atoms with E-state index >= 15 is 0 Å². The second kappa shape index (κ2) is 8.59. The van der Waals surface area contributed by atoms with Crippen LogP contribution in [-0.2, 0) is 4.79 Å². The van der Waals surface area contributed by atoms with Gasteiger partial charge in [-0.05, 0) is 31.5 Å². The van der Waals surface area contributed by atoms with Crippen molar-refractivity contribution in [1.29, 1.82) is 0 Å². The third-order valence-corrected chi connectivity index (χ3v) is 4.74. The molecule has 8 heteroatoms. The van der Waals surface area contributed by atoms with E-state index in [1.54, 1.807) is 18.3 Å². The molecule has 5 N–H and O–H groups in total. The number of hydrogen-bond acceptors (Lipinski definition) is 6. The van der Waals surface area contributed by atoms with E-state index in [0.717, 1.165) is 24.9 Å². The van der Waals surface area contributed by atoms with E-state index in [4.69, 9.17) is 11.5 Å². The summed E-state index contributed by atoms with van der Waals surface area (Å²) >= 11 is 0. The van der Waals surface area contributed by atoms with Gasteiger partial charge in [0.05, 0.1) is 24.0 Å². The van der Waals surface area contributed by atoms with E-state index in [9.17, 15) is 9.59 Å². The Morgan fingerprint density at radius 2 is 1.96 bits per heavy atom. The van der Waals surface area contributed by atoms with Crippen LogP contribution in [0, 0.1) is 5.92 Å². The van der Waals surface area contributed by atoms with Gasteiger partial charge in [-0.3, -0.25) is 14.6 Å². The number of rotatable bonds is 6. The normalized spacial score (nSPS) is 17.4. The fraction of sp³-hybridized carbons (Fsp3) is 0.368. The first-order chi connectivity index (χ1) is 13.0. The van der Waals surface area contributed by atoms with Crippen molar-refractivity contribution in [1.82, 2.24) is 20.2 Å². The molecular weight excluding hydrogens is 344 g/mol. The van der Waals surface area contributed by atoms with Crippen LogP contribution in [0.25, 0.3) is 11.3 Å². The summed E-state index contributed by atoms with van der Waals surface area (Å²) in [5.41, 5.74) is 13.1. The van der Waals surface area contributed by atoms with Crippen molar-refractivity contribution in [3.8, 4) is 11.3 Å². The molecule has 1 aromatic heterocycles. The van der Waals surface area contributed by atoms with Gasteiger partial charge in [-0.25, -0.2) is 4.98 Å². The molecule has 3 rings (SSSR count). The summed E-state index contributed by atoms with van der Waals surface area (Å²) in [7, 11) is 0. The molecule has 0 saturated carbocycles. The number of nitrogens with two attached hydrogens (primary N) is 2. The van der Waals surface area contributed by atoms with E-state index in [2.05, 4.69) is 20.2 Å². The van der Waals surface area contributed by atoms with Crippen LogP contribution in [0.1, 0.15) is 23.2 Å². The minimum atomic E-state index is -0.241. The van der Waals surface area contributed by atoms with Crippen LogP contribution in [-0.4, -0.2) is 52.9 Å². The summed E-state index contributed by atoms with van der Waals surface area (Å²) in [6.07, 6.45) is 4.90. The Labute approximate surface area is 158 Å². The van der Waals surface area contributed by atoms with E-state index in [1.807, 2.05) is 12.1 Å². The Balaban J connectivity index is 1.49. The average molecular weight is 368 g/mol. The molecule has 1 unspecified atom stereocenters. The number of primary amides is 1. The highest BCUT2D eigenvalue weighted by atomic mass is 16.2. The van der Waals surface area contributed by atoms with Crippen LogP contribution < -0.4 is 16.8 Å². The molecule has 27 heavy (non-hydrogen) atoms. The zero-order valence-electron chi connectivity index (χ0n) is 15.1. The van der Waals surface area contributed by atoms with E-state index in [-0.39, 0.29) is 17.7 Å². The molecular formula is C19H24N6O2. The molecule has 2 heterocycles. The number of aromatic nitrogens is 2. The molecule has 1 aliphatic rings. The highest BCUT2D eigenvalue weighted by Crippen LogP contribution is 2.17. The molecule has 2 aromatic rings. The zero-order valence-corrected chi connectivity index (χ0v) is 15.1. The molecule has 142 valence electrons. The van der Waals surface area contributed by atoms with Gasteiger partial charge >= 0.3 is 0 Å². The lowest BCUT2D eigenvalue weighted by Gasteiger charge is -2.31. The predicted octanol–water partition coefficient (Wildman–Crippen LogP) is 0.653. The molecule has 1 atom stereocenters. The van der Waals surface area contributed by atoms with Gasteiger partial charge in [0.2, 0.25) is 5.91 Å². The van der Waals surface area contributed by atoms with Crippen molar-refractivity contribution in [2.24, 2.45) is 11.7 Å². The van der Waals surface area contributed by atoms with Crippen molar-refractivity contribution < 1.29 is 9.59 Å². The van der Waals surface area contributed by atoms with Crippen LogP contribution in [0.4, 0.5) is 5.82 Å². The summed E-state index contributed by atoms with van der Waals surface area (Å²) in [5, 5.41) is 2.92. The molecule has 0 spiro atoms. The van der Waals surface area contributed by atoms with Crippen molar-refractivity contribution >= 4 is 17.6 Å².